The number of amides is 1. The highest BCUT2D eigenvalue weighted by Gasteiger charge is 2.44. The summed E-state index contributed by atoms with van der Waals surface area (Å²) in [5.74, 6) is -1.16. The van der Waals surface area contributed by atoms with E-state index < -0.39 is 34.9 Å². The number of halogens is 3. The van der Waals surface area contributed by atoms with Gasteiger partial charge in [0.15, 0.2) is 0 Å². The molecule has 1 amide bonds. The fourth-order valence-corrected chi connectivity index (χ4v) is 5.31. The van der Waals surface area contributed by atoms with Gasteiger partial charge >= 0.3 is 12.1 Å². The number of esters is 1. The summed E-state index contributed by atoms with van der Waals surface area (Å²) in [7, 11) is 0. The Labute approximate surface area is 216 Å². The molecule has 3 aromatic rings. The molecular formula is C28H28F3N3O4. The monoisotopic (exact) mass is 527 g/mol. The van der Waals surface area contributed by atoms with Crippen molar-refractivity contribution < 1.29 is 27.5 Å². The molecule has 10 heteroatoms. The Kier molecular flexibility index (Phi) is 6.54. The Morgan fingerprint density at radius 3 is 2.53 bits per heavy atom. The normalized spacial score (nSPS) is 22.0. The predicted octanol–water partition coefficient (Wildman–Crippen LogP) is 4.26. The van der Waals surface area contributed by atoms with Crippen LogP contribution in [-0.2, 0) is 20.5 Å². The van der Waals surface area contributed by atoms with Gasteiger partial charge in [0.25, 0.3) is 5.56 Å². The standard InChI is InChI=1S/C28H28F3N3O4/c1-27(2,38-26(37)21-8-5-11-32-21)23-14-19(25(36)34-23)15-9-10-16-13-22(33-24(35)18(16)12-15)17-6-3-4-7-20(17)28(29,30)31/h3-4,6-7,9-10,12-13,19,21,23,32H,5,8,11,14H2,1-2H3,(H,33,35)(H,34,36)/t19-,21-,23?/m0/s1. The van der Waals surface area contributed by atoms with E-state index in [4.69, 9.17) is 4.74 Å². The number of hydrogen-bond acceptors (Lipinski definition) is 5. The molecule has 0 spiro atoms. The number of carbonyl (C=O) groups excluding carboxylic acids is 2. The number of pyridine rings is 1. The largest absolute Gasteiger partial charge is 0.456 e. The molecule has 0 saturated carbocycles. The summed E-state index contributed by atoms with van der Waals surface area (Å²) < 4.78 is 46.3. The second-order valence-electron chi connectivity index (χ2n) is 10.4. The van der Waals surface area contributed by atoms with E-state index in [9.17, 15) is 27.6 Å². The molecule has 2 aliphatic heterocycles. The van der Waals surface area contributed by atoms with E-state index in [0.29, 0.717) is 23.8 Å². The van der Waals surface area contributed by atoms with E-state index in [2.05, 4.69) is 15.6 Å². The van der Waals surface area contributed by atoms with Crippen LogP contribution in [0.1, 0.15) is 50.2 Å². The summed E-state index contributed by atoms with van der Waals surface area (Å²) in [6, 6.07) is 10.7. The first-order valence-corrected chi connectivity index (χ1v) is 12.5. The molecule has 0 bridgehead atoms. The van der Waals surface area contributed by atoms with Crippen LogP contribution >= 0.6 is 0 Å². The molecule has 1 aromatic heterocycles. The van der Waals surface area contributed by atoms with Gasteiger partial charge in [-0.1, -0.05) is 30.3 Å². The lowest BCUT2D eigenvalue weighted by atomic mass is 9.89. The van der Waals surface area contributed by atoms with Crippen molar-refractivity contribution in [3.63, 3.8) is 0 Å². The van der Waals surface area contributed by atoms with Gasteiger partial charge in [-0.2, -0.15) is 13.2 Å². The van der Waals surface area contributed by atoms with E-state index >= 15 is 0 Å². The number of aromatic amines is 1. The smallest absolute Gasteiger partial charge is 0.417 e. The number of aromatic nitrogens is 1. The van der Waals surface area contributed by atoms with Crippen molar-refractivity contribution in [2.45, 2.75) is 62.9 Å². The highest BCUT2D eigenvalue weighted by molar-refractivity contribution is 5.90. The Morgan fingerprint density at radius 1 is 1.05 bits per heavy atom. The Morgan fingerprint density at radius 2 is 1.82 bits per heavy atom. The number of ether oxygens (including phenoxy) is 1. The third kappa shape index (κ3) is 4.92. The van der Waals surface area contributed by atoms with E-state index in [1.165, 1.54) is 24.3 Å². The quantitative estimate of drug-likeness (QED) is 0.431. The maximum Gasteiger partial charge on any atom is 0.417 e. The van der Waals surface area contributed by atoms with Gasteiger partial charge < -0.3 is 20.4 Å². The molecule has 2 aromatic carbocycles. The van der Waals surface area contributed by atoms with Gasteiger partial charge in [-0.3, -0.25) is 14.4 Å². The number of benzene rings is 2. The van der Waals surface area contributed by atoms with Crippen LogP contribution in [0.25, 0.3) is 22.0 Å². The molecule has 2 aliphatic rings. The van der Waals surface area contributed by atoms with Crippen molar-refractivity contribution in [3.05, 3.63) is 70.0 Å². The zero-order valence-corrected chi connectivity index (χ0v) is 20.9. The minimum atomic E-state index is -4.58. The van der Waals surface area contributed by atoms with Gasteiger partial charge in [0.1, 0.15) is 11.6 Å². The summed E-state index contributed by atoms with van der Waals surface area (Å²) in [4.78, 5) is 41.0. The molecule has 38 heavy (non-hydrogen) atoms. The van der Waals surface area contributed by atoms with Gasteiger partial charge in [0.2, 0.25) is 5.91 Å². The zero-order chi connectivity index (χ0) is 27.2. The van der Waals surface area contributed by atoms with E-state index in [1.807, 2.05) is 0 Å². The van der Waals surface area contributed by atoms with E-state index in [1.54, 1.807) is 32.0 Å². The fraction of sp³-hybridized carbons (Fsp3) is 0.393. The van der Waals surface area contributed by atoms with Crippen LogP contribution in [0.2, 0.25) is 0 Å². The van der Waals surface area contributed by atoms with Crippen molar-refractivity contribution in [2.24, 2.45) is 0 Å². The molecule has 5 rings (SSSR count). The average molecular weight is 528 g/mol. The van der Waals surface area contributed by atoms with Crippen molar-refractivity contribution in [3.8, 4) is 11.3 Å². The number of alkyl halides is 3. The highest BCUT2D eigenvalue weighted by atomic mass is 19.4. The average Bonchev–Trinajstić information content (AvgIpc) is 3.54. The molecule has 7 nitrogen and oxygen atoms in total. The Balaban J connectivity index is 1.40. The van der Waals surface area contributed by atoms with Crippen LogP contribution in [0, 0.1) is 0 Å². The molecule has 200 valence electrons. The number of fused-ring (bicyclic) bond motifs is 1. The summed E-state index contributed by atoms with van der Waals surface area (Å²) in [6.07, 6.45) is -2.60. The van der Waals surface area contributed by atoms with Crippen LogP contribution in [-0.4, -0.2) is 41.1 Å². The molecule has 2 saturated heterocycles. The SMILES string of the molecule is CC(C)(OC(=O)[C@@H]1CCCN1)C1C[C@@H](c2ccc3cc(-c4ccccc4C(F)(F)F)[nH]c(=O)c3c2)C(=O)N1. The van der Waals surface area contributed by atoms with Crippen molar-refractivity contribution in [1.29, 1.82) is 0 Å². The fourth-order valence-electron chi connectivity index (χ4n) is 5.31. The number of H-pyrrole nitrogens is 1. The first-order chi connectivity index (χ1) is 17.9. The summed E-state index contributed by atoms with van der Waals surface area (Å²) in [5, 5.41) is 6.76. The molecule has 3 heterocycles. The van der Waals surface area contributed by atoms with Crippen LogP contribution in [0.5, 0.6) is 0 Å². The minimum absolute atomic E-state index is 0.0576. The lowest BCUT2D eigenvalue weighted by molar-refractivity contribution is -0.161. The van der Waals surface area contributed by atoms with E-state index in [0.717, 1.165) is 19.0 Å². The molecule has 3 N–H and O–H groups in total. The van der Waals surface area contributed by atoms with Gasteiger partial charge in [0.05, 0.1) is 17.5 Å². The van der Waals surface area contributed by atoms with Crippen molar-refractivity contribution in [2.75, 3.05) is 6.54 Å². The van der Waals surface area contributed by atoms with E-state index in [-0.39, 0.29) is 34.6 Å². The molecule has 0 radical (unpaired) electrons. The van der Waals surface area contributed by atoms with Gasteiger partial charge in [-0.05, 0) is 68.8 Å². The minimum Gasteiger partial charge on any atom is -0.456 e. The summed E-state index contributed by atoms with van der Waals surface area (Å²) >= 11 is 0. The van der Waals surface area contributed by atoms with Crippen LogP contribution in [0.4, 0.5) is 13.2 Å². The molecule has 3 atom stereocenters. The van der Waals surface area contributed by atoms with Crippen molar-refractivity contribution in [1.82, 2.24) is 15.6 Å². The van der Waals surface area contributed by atoms with Gasteiger partial charge in [-0.15, -0.1) is 0 Å². The Bertz CT molecular complexity index is 1460. The van der Waals surface area contributed by atoms with Gasteiger partial charge in [0, 0.05) is 16.6 Å². The second kappa shape index (κ2) is 9.58. The maximum atomic E-state index is 13.5. The summed E-state index contributed by atoms with van der Waals surface area (Å²) in [5.41, 5.74) is -1.79. The van der Waals surface area contributed by atoms with Crippen LogP contribution in [0.15, 0.2) is 53.3 Å². The summed E-state index contributed by atoms with van der Waals surface area (Å²) in [6.45, 7) is 4.29. The third-order valence-corrected chi connectivity index (χ3v) is 7.45. The molecule has 2 fully saturated rings. The second-order valence-corrected chi connectivity index (χ2v) is 10.4. The topological polar surface area (TPSA) is 100 Å². The molecule has 0 aliphatic carbocycles. The van der Waals surface area contributed by atoms with Crippen LogP contribution in [0.3, 0.4) is 0 Å². The molecule has 1 unspecified atom stereocenters. The number of carbonyl (C=O) groups is 2. The van der Waals surface area contributed by atoms with Crippen molar-refractivity contribution >= 4 is 22.6 Å². The number of rotatable bonds is 5. The van der Waals surface area contributed by atoms with Gasteiger partial charge in [-0.25, -0.2) is 0 Å². The highest BCUT2D eigenvalue weighted by Crippen LogP contribution is 2.37. The Hall–Kier alpha value is -3.66. The maximum absolute atomic E-state index is 13.5. The third-order valence-electron chi connectivity index (χ3n) is 7.45. The number of nitrogens with one attached hydrogen (secondary N) is 3. The lowest BCUT2D eigenvalue weighted by Gasteiger charge is -2.32. The first-order valence-electron chi connectivity index (χ1n) is 12.5. The zero-order valence-electron chi connectivity index (χ0n) is 20.9. The predicted molar refractivity (Wildman–Crippen MR) is 135 cm³/mol. The van der Waals surface area contributed by atoms with Crippen LogP contribution < -0.4 is 16.2 Å². The molecular weight excluding hydrogens is 499 g/mol. The number of hydrogen-bond donors (Lipinski definition) is 3. The lowest BCUT2D eigenvalue weighted by Crippen LogP contribution is -2.49. The first kappa shape index (κ1) is 26.0.